The van der Waals surface area contributed by atoms with Gasteiger partial charge in [-0.05, 0) is 50.5 Å². The van der Waals surface area contributed by atoms with E-state index in [2.05, 4.69) is 9.71 Å². The van der Waals surface area contributed by atoms with Crippen molar-refractivity contribution in [2.45, 2.75) is 32.6 Å². The van der Waals surface area contributed by atoms with Crippen molar-refractivity contribution >= 4 is 15.7 Å². The number of rotatable bonds is 3. The minimum Gasteiger partial charge on any atom is -0.278 e. The molecule has 0 saturated carbocycles. The Kier molecular flexibility index (Phi) is 3.81. The summed E-state index contributed by atoms with van der Waals surface area (Å²) in [5.74, 6) is 0. The van der Waals surface area contributed by atoms with E-state index in [1.54, 1.807) is 12.3 Å². The van der Waals surface area contributed by atoms with Crippen molar-refractivity contribution in [3.05, 3.63) is 52.8 Å². The van der Waals surface area contributed by atoms with Gasteiger partial charge < -0.3 is 0 Å². The van der Waals surface area contributed by atoms with Gasteiger partial charge in [-0.15, -0.1) is 0 Å². The van der Waals surface area contributed by atoms with Crippen LogP contribution in [0.3, 0.4) is 0 Å². The van der Waals surface area contributed by atoms with E-state index in [0.29, 0.717) is 10.6 Å². The van der Waals surface area contributed by atoms with E-state index in [9.17, 15) is 8.42 Å². The smallest absolute Gasteiger partial charge is 0.262 e. The molecule has 0 aliphatic heterocycles. The summed E-state index contributed by atoms with van der Waals surface area (Å²) in [7, 11) is -3.60. The zero-order valence-corrected chi connectivity index (χ0v) is 12.9. The number of aromatic nitrogens is 1. The standard InChI is InChI=1S/C15H18N2O2S/c1-10-5-12(3)15(13(4)6-10)20(18,19)17-14-7-11(2)8-16-9-14/h5-9,17H,1-4H3. The predicted octanol–water partition coefficient (Wildman–Crippen LogP) is 3.12. The van der Waals surface area contributed by atoms with Crippen LogP contribution < -0.4 is 4.72 Å². The SMILES string of the molecule is Cc1cncc(NS(=O)(=O)c2c(C)cc(C)cc2C)c1. The monoisotopic (exact) mass is 290 g/mol. The molecule has 0 bridgehead atoms. The lowest BCUT2D eigenvalue weighted by Gasteiger charge is -2.13. The Morgan fingerprint density at radius 1 is 0.900 bits per heavy atom. The first kappa shape index (κ1) is 14.5. The van der Waals surface area contributed by atoms with Crippen LogP contribution in [-0.2, 0) is 10.0 Å². The average Bonchev–Trinajstić information content (AvgIpc) is 2.25. The summed E-state index contributed by atoms with van der Waals surface area (Å²) in [5.41, 5.74) is 3.93. The summed E-state index contributed by atoms with van der Waals surface area (Å²) >= 11 is 0. The van der Waals surface area contributed by atoms with Gasteiger partial charge in [-0.25, -0.2) is 8.42 Å². The van der Waals surface area contributed by atoms with Crippen LogP contribution >= 0.6 is 0 Å². The highest BCUT2D eigenvalue weighted by Crippen LogP contribution is 2.24. The van der Waals surface area contributed by atoms with Gasteiger partial charge in [-0.2, -0.15) is 0 Å². The number of sulfonamides is 1. The molecular formula is C15H18N2O2S. The van der Waals surface area contributed by atoms with Gasteiger partial charge in [0.15, 0.2) is 0 Å². The van der Waals surface area contributed by atoms with Crippen molar-refractivity contribution in [1.29, 1.82) is 0 Å². The van der Waals surface area contributed by atoms with Crippen molar-refractivity contribution < 1.29 is 8.42 Å². The van der Waals surface area contributed by atoms with Gasteiger partial charge in [0.1, 0.15) is 0 Å². The highest BCUT2D eigenvalue weighted by atomic mass is 32.2. The maximum atomic E-state index is 12.5. The molecule has 0 spiro atoms. The molecule has 0 fully saturated rings. The fraction of sp³-hybridized carbons (Fsp3) is 0.267. The molecule has 1 N–H and O–H groups in total. The molecule has 5 heteroatoms. The Morgan fingerprint density at radius 3 is 2.05 bits per heavy atom. The maximum absolute atomic E-state index is 12.5. The first-order chi connectivity index (χ1) is 9.29. The molecule has 1 aromatic carbocycles. The average molecular weight is 290 g/mol. The summed E-state index contributed by atoms with van der Waals surface area (Å²) in [6.07, 6.45) is 3.18. The van der Waals surface area contributed by atoms with Crippen LogP contribution in [0.2, 0.25) is 0 Å². The Hall–Kier alpha value is -1.88. The van der Waals surface area contributed by atoms with Gasteiger partial charge in [-0.1, -0.05) is 17.7 Å². The number of pyridine rings is 1. The molecule has 0 amide bonds. The van der Waals surface area contributed by atoms with Crippen LogP contribution in [0.5, 0.6) is 0 Å². The Labute approximate surface area is 119 Å². The third kappa shape index (κ3) is 2.99. The maximum Gasteiger partial charge on any atom is 0.262 e. The van der Waals surface area contributed by atoms with E-state index < -0.39 is 10.0 Å². The number of nitrogens with one attached hydrogen (secondary N) is 1. The number of nitrogens with zero attached hydrogens (tertiary/aromatic N) is 1. The number of benzene rings is 1. The van der Waals surface area contributed by atoms with Crippen LogP contribution in [0, 0.1) is 27.7 Å². The van der Waals surface area contributed by atoms with Crippen LogP contribution in [-0.4, -0.2) is 13.4 Å². The molecular weight excluding hydrogens is 272 g/mol. The molecule has 0 aliphatic rings. The molecule has 0 radical (unpaired) electrons. The molecule has 1 heterocycles. The van der Waals surface area contributed by atoms with Crippen LogP contribution in [0.1, 0.15) is 22.3 Å². The quantitative estimate of drug-likeness (QED) is 0.945. The second kappa shape index (κ2) is 5.25. The predicted molar refractivity (Wildman–Crippen MR) is 80.4 cm³/mol. The van der Waals surface area contributed by atoms with Crippen molar-refractivity contribution in [3.8, 4) is 0 Å². The first-order valence-corrected chi connectivity index (χ1v) is 7.80. The lowest BCUT2D eigenvalue weighted by molar-refractivity contribution is 0.600. The Balaban J connectivity index is 2.46. The van der Waals surface area contributed by atoms with Crippen molar-refractivity contribution in [2.24, 2.45) is 0 Å². The van der Waals surface area contributed by atoms with Gasteiger partial charge in [0, 0.05) is 6.20 Å². The van der Waals surface area contributed by atoms with Gasteiger partial charge in [0.25, 0.3) is 10.0 Å². The van der Waals surface area contributed by atoms with Gasteiger partial charge in [0.2, 0.25) is 0 Å². The fourth-order valence-electron chi connectivity index (χ4n) is 2.41. The molecule has 0 aliphatic carbocycles. The minimum absolute atomic E-state index is 0.338. The summed E-state index contributed by atoms with van der Waals surface area (Å²) in [6, 6.07) is 5.50. The highest BCUT2D eigenvalue weighted by molar-refractivity contribution is 7.92. The van der Waals surface area contributed by atoms with E-state index in [0.717, 1.165) is 22.3 Å². The normalized spacial score (nSPS) is 11.4. The third-order valence-corrected chi connectivity index (χ3v) is 4.69. The van der Waals surface area contributed by atoms with E-state index in [1.165, 1.54) is 6.20 Å². The number of aryl methyl sites for hydroxylation is 4. The lowest BCUT2D eigenvalue weighted by atomic mass is 10.1. The minimum atomic E-state index is -3.60. The molecule has 2 aromatic rings. The van der Waals surface area contributed by atoms with Crippen molar-refractivity contribution in [2.75, 3.05) is 4.72 Å². The van der Waals surface area contributed by atoms with Crippen molar-refractivity contribution in [3.63, 3.8) is 0 Å². The summed E-state index contributed by atoms with van der Waals surface area (Å²) in [6.45, 7) is 7.44. The lowest BCUT2D eigenvalue weighted by Crippen LogP contribution is -2.16. The van der Waals surface area contributed by atoms with Crippen LogP contribution in [0.25, 0.3) is 0 Å². The van der Waals surface area contributed by atoms with Gasteiger partial charge >= 0.3 is 0 Å². The molecule has 0 saturated heterocycles. The zero-order valence-electron chi connectivity index (χ0n) is 12.1. The van der Waals surface area contributed by atoms with Crippen LogP contribution in [0.4, 0.5) is 5.69 Å². The van der Waals surface area contributed by atoms with E-state index in [-0.39, 0.29) is 0 Å². The number of hydrogen-bond donors (Lipinski definition) is 1. The topological polar surface area (TPSA) is 59.1 Å². The molecule has 2 rings (SSSR count). The summed E-state index contributed by atoms with van der Waals surface area (Å²) in [5, 5.41) is 0. The third-order valence-electron chi connectivity index (χ3n) is 3.00. The van der Waals surface area contributed by atoms with Gasteiger partial charge in [0.05, 0.1) is 16.8 Å². The highest BCUT2D eigenvalue weighted by Gasteiger charge is 2.20. The fourth-order valence-corrected chi connectivity index (χ4v) is 3.90. The molecule has 0 atom stereocenters. The first-order valence-electron chi connectivity index (χ1n) is 6.32. The van der Waals surface area contributed by atoms with E-state index >= 15 is 0 Å². The molecule has 106 valence electrons. The molecule has 20 heavy (non-hydrogen) atoms. The van der Waals surface area contributed by atoms with Gasteiger partial charge in [-0.3, -0.25) is 9.71 Å². The Morgan fingerprint density at radius 2 is 1.50 bits per heavy atom. The largest absolute Gasteiger partial charge is 0.278 e. The van der Waals surface area contributed by atoms with E-state index in [1.807, 2.05) is 39.8 Å². The van der Waals surface area contributed by atoms with Crippen LogP contribution in [0.15, 0.2) is 35.5 Å². The van der Waals surface area contributed by atoms with E-state index in [4.69, 9.17) is 0 Å². The summed E-state index contributed by atoms with van der Waals surface area (Å²) < 4.78 is 27.6. The summed E-state index contributed by atoms with van der Waals surface area (Å²) in [4.78, 5) is 4.33. The molecule has 4 nitrogen and oxygen atoms in total. The second-order valence-electron chi connectivity index (χ2n) is 5.08. The zero-order chi connectivity index (χ0) is 14.9. The van der Waals surface area contributed by atoms with Crippen molar-refractivity contribution in [1.82, 2.24) is 4.98 Å². The molecule has 1 aromatic heterocycles. The Bertz CT molecular complexity index is 729. The molecule has 0 unspecified atom stereocenters. The number of anilines is 1. The number of hydrogen-bond acceptors (Lipinski definition) is 3. The second-order valence-corrected chi connectivity index (χ2v) is 6.70.